The summed E-state index contributed by atoms with van der Waals surface area (Å²) in [6.45, 7) is 7.68. The normalized spacial score (nSPS) is 17.5. The summed E-state index contributed by atoms with van der Waals surface area (Å²) in [5, 5.41) is 4.25. The first-order chi connectivity index (χ1) is 8.86. The Kier molecular flexibility index (Phi) is 4.52. The van der Waals surface area contributed by atoms with Crippen LogP contribution in [0.4, 0.5) is 4.39 Å². The van der Waals surface area contributed by atoms with Gasteiger partial charge in [-0.15, -0.1) is 0 Å². The van der Waals surface area contributed by atoms with Gasteiger partial charge in [-0.05, 0) is 60.9 Å². The SMILES string of the molecule is CC(C)(C)C(CNC1CC1)Cc1cc(F)ccc1Cl. The molecule has 0 spiro atoms. The molecular formula is C16H23ClFN. The van der Waals surface area contributed by atoms with E-state index in [2.05, 4.69) is 26.1 Å². The lowest BCUT2D eigenvalue weighted by molar-refractivity contribution is 0.230. The first-order valence-electron chi connectivity index (χ1n) is 7.03. The minimum absolute atomic E-state index is 0.178. The number of hydrogen-bond donors (Lipinski definition) is 1. The van der Waals surface area contributed by atoms with Crippen molar-refractivity contribution in [3.8, 4) is 0 Å². The van der Waals surface area contributed by atoms with Crippen LogP contribution < -0.4 is 5.32 Å². The highest BCUT2D eigenvalue weighted by atomic mass is 35.5. The van der Waals surface area contributed by atoms with Crippen molar-refractivity contribution in [3.63, 3.8) is 0 Å². The summed E-state index contributed by atoms with van der Waals surface area (Å²) >= 11 is 6.18. The fourth-order valence-corrected chi connectivity index (χ4v) is 2.44. The standard InChI is InChI=1S/C16H23ClFN/c1-16(2,3)12(10-19-14-5-6-14)8-11-9-13(18)4-7-15(11)17/h4,7,9,12,14,19H,5-6,8,10H2,1-3H3. The molecule has 0 bridgehead atoms. The minimum atomic E-state index is -0.206. The molecule has 3 heteroatoms. The van der Waals surface area contributed by atoms with Crippen LogP contribution in [-0.4, -0.2) is 12.6 Å². The second-order valence-electron chi connectivity index (χ2n) is 6.69. The van der Waals surface area contributed by atoms with Crippen molar-refractivity contribution < 1.29 is 4.39 Å². The molecular weight excluding hydrogens is 261 g/mol. The second-order valence-corrected chi connectivity index (χ2v) is 7.09. The lowest BCUT2D eigenvalue weighted by Crippen LogP contribution is -2.34. The van der Waals surface area contributed by atoms with Crippen LogP contribution in [0.5, 0.6) is 0 Å². The Labute approximate surface area is 120 Å². The van der Waals surface area contributed by atoms with E-state index in [-0.39, 0.29) is 11.2 Å². The van der Waals surface area contributed by atoms with Gasteiger partial charge in [0.2, 0.25) is 0 Å². The van der Waals surface area contributed by atoms with Crippen LogP contribution in [0.15, 0.2) is 18.2 Å². The number of benzene rings is 1. The van der Waals surface area contributed by atoms with Crippen LogP contribution in [0.3, 0.4) is 0 Å². The zero-order valence-electron chi connectivity index (χ0n) is 12.0. The van der Waals surface area contributed by atoms with E-state index in [1.165, 1.54) is 18.9 Å². The van der Waals surface area contributed by atoms with E-state index in [1.54, 1.807) is 12.1 Å². The molecule has 19 heavy (non-hydrogen) atoms. The van der Waals surface area contributed by atoms with E-state index in [0.717, 1.165) is 18.5 Å². The van der Waals surface area contributed by atoms with E-state index >= 15 is 0 Å². The Morgan fingerprint density at radius 3 is 2.63 bits per heavy atom. The van der Waals surface area contributed by atoms with Crippen molar-refractivity contribution in [3.05, 3.63) is 34.6 Å². The second kappa shape index (κ2) is 5.80. The topological polar surface area (TPSA) is 12.0 Å². The molecule has 0 radical (unpaired) electrons. The Morgan fingerprint density at radius 1 is 1.37 bits per heavy atom. The molecule has 0 heterocycles. The van der Waals surface area contributed by atoms with E-state index in [1.807, 2.05) is 0 Å². The zero-order chi connectivity index (χ0) is 14.0. The van der Waals surface area contributed by atoms with Gasteiger partial charge in [-0.3, -0.25) is 0 Å². The quantitative estimate of drug-likeness (QED) is 0.843. The fraction of sp³-hybridized carbons (Fsp3) is 0.625. The molecule has 1 N–H and O–H groups in total. The predicted octanol–water partition coefficient (Wildman–Crippen LogP) is 4.44. The van der Waals surface area contributed by atoms with Gasteiger partial charge in [0.25, 0.3) is 0 Å². The third kappa shape index (κ3) is 4.47. The van der Waals surface area contributed by atoms with Crippen LogP contribution >= 0.6 is 11.6 Å². The van der Waals surface area contributed by atoms with Gasteiger partial charge in [-0.1, -0.05) is 32.4 Å². The molecule has 1 atom stereocenters. The highest BCUT2D eigenvalue weighted by Gasteiger charge is 2.28. The van der Waals surface area contributed by atoms with Gasteiger partial charge >= 0.3 is 0 Å². The maximum absolute atomic E-state index is 13.3. The molecule has 1 aromatic carbocycles. The largest absolute Gasteiger partial charge is 0.314 e. The van der Waals surface area contributed by atoms with Crippen molar-refractivity contribution in [2.75, 3.05) is 6.54 Å². The molecule has 1 aromatic rings. The Hall–Kier alpha value is -0.600. The first-order valence-corrected chi connectivity index (χ1v) is 7.41. The van der Waals surface area contributed by atoms with Crippen LogP contribution in [0.2, 0.25) is 5.02 Å². The molecule has 1 aliphatic rings. The molecule has 0 saturated heterocycles. The molecule has 0 aromatic heterocycles. The summed E-state index contributed by atoms with van der Waals surface area (Å²) in [5.74, 6) is 0.245. The average Bonchev–Trinajstić information content (AvgIpc) is 3.11. The van der Waals surface area contributed by atoms with Crippen molar-refractivity contribution >= 4 is 11.6 Å². The van der Waals surface area contributed by atoms with Crippen molar-refractivity contribution in [1.82, 2.24) is 5.32 Å². The van der Waals surface area contributed by atoms with Crippen LogP contribution in [0, 0.1) is 17.2 Å². The summed E-state index contributed by atoms with van der Waals surface area (Å²) in [7, 11) is 0. The Bertz CT molecular complexity index is 435. The summed E-state index contributed by atoms with van der Waals surface area (Å²) in [4.78, 5) is 0. The Balaban J connectivity index is 2.07. The first kappa shape index (κ1) is 14.8. The summed E-state index contributed by atoms with van der Waals surface area (Å²) < 4.78 is 13.3. The third-order valence-electron chi connectivity index (χ3n) is 3.93. The van der Waals surface area contributed by atoms with Crippen molar-refractivity contribution in [2.45, 2.75) is 46.1 Å². The zero-order valence-corrected chi connectivity index (χ0v) is 12.7. The van der Waals surface area contributed by atoms with Gasteiger partial charge < -0.3 is 5.32 Å². The summed E-state index contributed by atoms with van der Waals surface area (Å²) in [6.07, 6.45) is 3.40. The number of halogens is 2. The smallest absolute Gasteiger partial charge is 0.123 e. The maximum atomic E-state index is 13.3. The lowest BCUT2D eigenvalue weighted by atomic mass is 9.77. The van der Waals surface area contributed by atoms with Crippen molar-refractivity contribution in [1.29, 1.82) is 0 Å². The Morgan fingerprint density at radius 2 is 2.05 bits per heavy atom. The number of nitrogens with one attached hydrogen (secondary N) is 1. The lowest BCUT2D eigenvalue weighted by Gasteiger charge is -2.31. The summed E-state index contributed by atoms with van der Waals surface area (Å²) in [5.41, 5.74) is 1.09. The number of hydrogen-bond acceptors (Lipinski definition) is 1. The molecule has 1 nitrogen and oxygen atoms in total. The van der Waals surface area contributed by atoms with Gasteiger partial charge in [0.05, 0.1) is 0 Å². The fourth-order valence-electron chi connectivity index (χ4n) is 2.25. The van der Waals surface area contributed by atoms with Gasteiger partial charge in [-0.2, -0.15) is 0 Å². The van der Waals surface area contributed by atoms with Crippen LogP contribution in [-0.2, 0) is 6.42 Å². The monoisotopic (exact) mass is 283 g/mol. The summed E-state index contributed by atoms with van der Waals surface area (Å²) in [6, 6.07) is 5.34. The van der Waals surface area contributed by atoms with Gasteiger partial charge in [0.1, 0.15) is 5.82 Å². The average molecular weight is 284 g/mol. The maximum Gasteiger partial charge on any atom is 0.123 e. The molecule has 1 fully saturated rings. The molecule has 0 aliphatic heterocycles. The van der Waals surface area contributed by atoms with E-state index in [4.69, 9.17) is 11.6 Å². The molecule has 1 saturated carbocycles. The molecule has 106 valence electrons. The molecule has 2 rings (SSSR count). The highest BCUT2D eigenvalue weighted by molar-refractivity contribution is 6.31. The van der Waals surface area contributed by atoms with Crippen molar-refractivity contribution in [2.24, 2.45) is 11.3 Å². The van der Waals surface area contributed by atoms with E-state index in [0.29, 0.717) is 17.0 Å². The van der Waals surface area contributed by atoms with Crippen LogP contribution in [0.25, 0.3) is 0 Å². The van der Waals surface area contributed by atoms with Gasteiger partial charge in [0.15, 0.2) is 0 Å². The van der Waals surface area contributed by atoms with E-state index in [9.17, 15) is 4.39 Å². The molecule has 0 amide bonds. The predicted molar refractivity (Wildman–Crippen MR) is 79.1 cm³/mol. The molecule has 1 unspecified atom stereocenters. The van der Waals surface area contributed by atoms with Gasteiger partial charge in [-0.25, -0.2) is 4.39 Å². The number of rotatable bonds is 5. The molecule has 1 aliphatic carbocycles. The van der Waals surface area contributed by atoms with E-state index < -0.39 is 0 Å². The van der Waals surface area contributed by atoms with Crippen LogP contribution in [0.1, 0.15) is 39.2 Å². The van der Waals surface area contributed by atoms with Gasteiger partial charge in [0, 0.05) is 11.1 Å². The third-order valence-corrected chi connectivity index (χ3v) is 4.30. The minimum Gasteiger partial charge on any atom is -0.314 e. The highest BCUT2D eigenvalue weighted by Crippen LogP contribution is 2.32.